The van der Waals surface area contributed by atoms with Crippen LogP contribution in [0.4, 0.5) is 0 Å². The molecule has 0 spiro atoms. The molecule has 0 heterocycles. The van der Waals surface area contributed by atoms with E-state index in [2.05, 4.69) is 38.2 Å². The number of carbonyl (C=O) groups is 2. The minimum atomic E-state index is -4.37. The molecule has 51 heavy (non-hydrogen) atoms. The van der Waals surface area contributed by atoms with E-state index in [1.807, 2.05) is 0 Å². The zero-order chi connectivity index (χ0) is 37.5. The number of phosphoric acid groups is 1. The molecule has 0 aromatic rings. The molecule has 0 aliphatic rings. The quantitative estimate of drug-likeness (QED) is 0.0273. The summed E-state index contributed by atoms with van der Waals surface area (Å²) in [6.45, 7) is 3.69. The highest BCUT2D eigenvalue weighted by molar-refractivity contribution is 7.47. The van der Waals surface area contributed by atoms with E-state index in [9.17, 15) is 19.0 Å². The highest BCUT2D eigenvalue weighted by atomic mass is 31.2. The summed E-state index contributed by atoms with van der Waals surface area (Å²) in [5.41, 5.74) is 5.34. The summed E-state index contributed by atoms with van der Waals surface area (Å²) in [5.74, 6) is -0.839. The average molecular weight is 744 g/mol. The van der Waals surface area contributed by atoms with E-state index < -0.39 is 32.5 Å². The number of allylic oxidation sites excluding steroid dienone is 4. The van der Waals surface area contributed by atoms with Crippen molar-refractivity contribution in [3.8, 4) is 0 Å². The van der Waals surface area contributed by atoms with Crippen LogP contribution in [0.1, 0.15) is 194 Å². The van der Waals surface area contributed by atoms with Crippen LogP contribution < -0.4 is 5.73 Å². The van der Waals surface area contributed by atoms with Crippen molar-refractivity contribution in [2.75, 3.05) is 26.4 Å². The number of rotatable bonds is 39. The molecule has 2 atom stereocenters. The largest absolute Gasteiger partial charge is 0.472 e. The highest BCUT2D eigenvalue weighted by Crippen LogP contribution is 2.43. The molecule has 3 N–H and O–H groups in total. The van der Waals surface area contributed by atoms with Crippen molar-refractivity contribution >= 4 is 19.8 Å². The van der Waals surface area contributed by atoms with Crippen LogP contribution in [0.15, 0.2) is 24.3 Å². The summed E-state index contributed by atoms with van der Waals surface area (Å²) in [4.78, 5) is 34.8. The smallest absolute Gasteiger partial charge is 0.462 e. The molecule has 0 bridgehead atoms. The third kappa shape index (κ3) is 38.0. The van der Waals surface area contributed by atoms with Crippen molar-refractivity contribution in [1.29, 1.82) is 0 Å². The Labute approximate surface area is 312 Å². The average Bonchev–Trinajstić information content (AvgIpc) is 3.11. The number of hydrogen-bond donors (Lipinski definition) is 2. The van der Waals surface area contributed by atoms with E-state index in [0.29, 0.717) is 6.42 Å². The van der Waals surface area contributed by atoms with Crippen molar-refractivity contribution in [1.82, 2.24) is 0 Å². The second-order valence-corrected chi connectivity index (χ2v) is 15.3. The zero-order valence-electron chi connectivity index (χ0n) is 32.8. The van der Waals surface area contributed by atoms with E-state index in [0.717, 1.165) is 64.2 Å². The summed E-state index contributed by atoms with van der Waals surface area (Å²) in [6, 6.07) is 0. The predicted octanol–water partition coefficient (Wildman–Crippen LogP) is 11.6. The fraction of sp³-hybridized carbons (Fsp3) is 0.854. The normalized spacial score (nSPS) is 13.6. The van der Waals surface area contributed by atoms with Crippen molar-refractivity contribution < 1.29 is 37.6 Å². The standard InChI is InChI=1S/C41H78NO8P/c1-3-5-7-9-11-13-15-17-19-20-22-24-26-28-30-32-34-41(44)50-39(38-49-51(45,46)48-36-35-42)37-47-40(43)33-31-29-27-25-23-21-18-16-14-12-10-8-6-4-2/h10,12,16,18,39H,3-9,11,13-15,17,19-38,42H2,1-2H3,(H,45,46)/b12-10-,18-16-/t39-/m1/s1. The minimum absolute atomic E-state index is 0.0529. The summed E-state index contributed by atoms with van der Waals surface area (Å²) in [5, 5.41) is 0. The fourth-order valence-electron chi connectivity index (χ4n) is 5.71. The molecule has 0 fully saturated rings. The van der Waals surface area contributed by atoms with E-state index >= 15 is 0 Å². The first-order valence-corrected chi connectivity index (χ1v) is 22.3. The van der Waals surface area contributed by atoms with Gasteiger partial charge in [-0.15, -0.1) is 0 Å². The Hall–Kier alpha value is -1.51. The number of hydrogen-bond acceptors (Lipinski definition) is 8. The monoisotopic (exact) mass is 744 g/mol. The topological polar surface area (TPSA) is 134 Å². The van der Waals surface area contributed by atoms with Gasteiger partial charge >= 0.3 is 19.8 Å². The molecule has 0 rings (SSSR count). The number of unbranched alkanes of at least 4 members (excludes halogenated alkanes) is 22. The maximum Gasteiger partial charge on any atom is 0.472 e. The molecule has 9 nitrogen and oxygen atoms in total. The molecule has 0 aromatic heterocycles. The molecule has 0 aliphatic heterocycles. The minimum Gasteiger partial charge on any atom is -0.462 e. The Morgan fingerprint density at radius 1 is 0.588 bits per heavy atom. The first-order chi connectivity index (χ1) is 24.8. The Morgan fingerprint density at radius 3 is 1.55 bits per heavy atom. The molecule has 300 valence electrons. The van der Waals surface area contributed by atoms with Gasteiger partial charge in [-0.1, -0.05) is 167 Å². The molecule has 0 radical (unpaired) electrons. The molecule has 0 aliphatic carbocycles. The van der Waals surface area contributed by atoms with Crippen LogP contribution in [0.5, 0.6) is 0 Å². The lowest BCUT2D eigenvalue weighted by molar-refractivity contribution is -0.161. The molecule has 0 aromatic carbocycles. The maximum absolute atomic E-state index is 12.6. The molecule has 0 saturated carbocycles. The Bertz CT molecular complexity index is 897. The number of ether oxygens (including phenoxy) is 2. The third-order valence-corrected chi connectivity index (χ3v) is 9.82. The van der Waals surface area contributed by atoms with E-state index in [1.54, 1.807) is 0 Å². The summed E-state index contributed by atoms with van der Waals surface area (Å²) >= 11 is 0. The number of carbonyl (C=O) groups excluding carboxylic acids is 2. The number of phosphoric ester groups is 1. The Morgan fingerprint density at radius 2 is 1.04 bits per heavy atom. The lowest BCUT2D eigenvalue weighted by Crippen LogP contribution is -2.29. The van der Waals surface area contributed by atoms with Crippen molar-refractivity contribution in [2.24, 2.45) is 5.73 Å². The second kappa shape index (κ2) is 38.2. The molecular weight excluding hydrogens is 665 g/mol. The van der Waals surface area contributed by atoms with Crippen LogP contribution in [0.2, 0.25) is 0 Å². The van der Waals surface area contributed by atoms with E-state index in [1.165, 1.54) is 96.3 Å². The molecule has 0 saturated heterocycles. The summed E-state index contributed by atoms with van der Waals surface area (Å²) < 4.78 is 32.7. The Balaban J connectivity index is 4.17. The first-order valence-electron chi connectivity index (χ1n) is 20.8. The lowest BCUT2D eigenvalue weighted by Gasteiger charge is -2.19. The van der Waals surface area contributed by atoms with Crippen LogP contribution in [0.3, 0.4) is 0 Å². The van der Waals surface area contributed by atoms with Crippen LogP contribution in [-0.2, 0) is 32.7 Å². The zero-order valence-corrected chi connectivity index (χ0v) is 33.7. The predicted molar refractivity (Wildman–Crippen MR) is 211 cm³/mol. The van der Waals surface area contributed by atoms with Crippen LogP contribution >= 0.6 is 7.82 Å². The van der Waals surface area contributed by atoms with Gasteiger partial charge in [-0.05, 0) is 38.5 Å². The van der Waals surface area contributed by atoms with E-state index in [-0.39, 0.29) is 32.6 Å². The van der Waals surface area contributed by atoms with Gasteiger partial charge in [0.25, 0.3) is 0 Å². The van der Waals surface area contributed by atoms with Crippen LogP contribution in [-0.4, -0.2) is 49.3 Å². The van der Waals surface area contributed by atoms with Crippen molar-refractivity contribution in [3.63, 3.8) is 0 Å². The number of nitrogens with two attached hydrogens (primary N) is 1. The number of esters is 2. The summed E-state index contributed by atoms with van der Waals surface area (Å²) in [6.07, 6.45) is 39.2. The van der Waals surface area contributed by atoms with E-state index in [4.69, 9.17) is 24.3 Å². The van der Waals surface area contributed by atoms with Gasteiger partial charge in [0.2, 0.25) is 0 Å². The maximum atomic E-state index is 12.6. The highest BCUT2D eigenvalue weighted by Gasteiger charge is 2.26. The molecule has 1 unspecified atom stereocenters. The van der Waals surface area contributed by atoms with Gasteiger partial charge in [-0.25, -0.2) is 4.57 Å². The first kappa shape index (κ1) is 49.5. The van der Waals surface area contributed by atoms with Crippen LogP contribution in [0.25, 0.3) is 0 Å². The van der Waals surface area contributed by atoms with Gasteiger partial charge in [0, 0.05) is 19.4 Å². The van der Waals surface area contributed by atoms with Gasteiger partial charge in [-0.3, -0.25) is 18.6 Å². The Kier molecular flexibility index (Phi) is 37.1. The van der Waals surface area contributed by atoms with Crippen molar-refractivity contribution in [3.05, 3.63) is 24.3 Å². The van der Waals surface area contributed by atoms with Gasteiger partial charge < -0.3 is 20.1 Å². The lowest BCUT2D eigenvalue weighted by atomic mass is 10.0. The fourth-order valence-corrected chi connectivity index (χ4v) is 6.47. The molecular formula is C41H78NO8P. The van der Waals surface area contributed by atoms with Gasteiger partial charge in [0.05, 0.1) is 13.2 Å². The second-order valence-electron chi connectivity index (χ2n) is 13.9. The van der Waals surface area contributed by atoms with Gasteiger partial charge in [0.1, 0.15) is 6.61 Å². The van der Waals surface area contributed by atoms with Crippen LogP contribution in [0, 0.1) is 0 Å². The van der Waals surface area contributed by atoms with Gasteiger partial charge in [-0.2, -0.15) is 0 Å². The summed E-state index contributed by atoms with van der Waals surface area (Å²) in [7, 11) is -4.37. The third-order valence-electron chi connectivity index (χ3n) is 8.84. The van der Waals surface area contributed by atoms with Crippen molar-refractivity contribution in [2.45, 2.75) is 200 Å². The SMILES string of the molecule is CCCC/C=C\C/C=C\CCCCCCCC(=O)OC[C@H](COP(=O)(O)OCCN)OC(=O)CCCCCCCCCCCCCCCCCC. The molecule has 0 amide bonds. The van der Waals surface area contributed by atoms with Gasteiger partial charge in [0.15, 0.2) is 6.10 Å². The molecule has 10 heteroatoms.